The maximum Gasteiger partial charge on any atom is 0.105 e. The summed E-state index contributed by atoms with van der Waals surface area (Å²) in [6.45, 7) is 10.3. The summed E-state index contributed by atoms with van der Waals surface area (Å²) in [5, 5.41) is 0. The summed E-state index contributed by atoms with van der Waals surface area (Å²) in [6.07, 6.45) is 0. The van der Waals surface area contributed by atoms with Crippen LogP contribution in [0.25, 0.3) is 0 Å². The molecule has 0 aromatic rings. The lowest BCUT2D eigenvalue weighted by atomic mass is 9.70. The molecule has 12 heavy (non-hydrogen) atoms. The molecule has 1 heterocycles. The van der Waals surface area contributed by atoms with E-state index < -0.39 is 0 Å². The monoisotopic (exact) mass is 168 g/mol. The van der Waals surface area contributed by atoms with E-state index in [1.165, 1.54) is 5.84 Å². The Kier molecular flexibility index (Phi) is 1.97. The maximum absolute atomic E-state index is 4.36. The lowest BCUT2D eigenvalue weighted by Crippen LogP contribution is -2.34. The highest BCUT2D eigenvalue weighted by Gasteiger charge is 2.48. The van der Waals surface area contributed by atoms with Crippen LogP contribution in [0.15, 0.2) is 4.99 Å². The van der Waals surface area contributed by atoms with E-state index in [0.717, 1.165) is 6.54 Å². The Morgan fingerprint density at radius 1 is 1.25 bits per heavy atom. The smallest absolute Gasteiger partial charge is 0.105 e. The van der Waals surface area contributed by atoms with Gasteiger partial charge in [0.2, 0.25) is 0 Å². The third kappa shape index (κ3) is 1.05. The molecule has 0 unspecified atom stereocenters. The third-order valence-corrected chi connectivity index (χ3v) is 3.46. The molecule has 1 fully saturated rings. The number of likely N-dealkylation sites (tertiary alicyclic amines) is 1. The Morgan fingerprint density at radius 3 is 1.92 bits per heavy atom. The molecule has 0 saturated carbocycles. The molecule has 1 saturated heterocycles. The van der Waals surface area contributed by atoms with Crippen LogP contribution in [0.5, 0.6) is 0 Å². The number of nitrogens with zero attached hydrogens (tertiary/aromatic N) is 2. The van der Waals surface area contributed by atoms with Crippen molar-refractivity contribution < 1.29 is 0 Å². The standard InChI is InChI=1S/C10H20N2/c1-9(2)7-12(6)8(11-5)10(9,3)4/h7H2,1-6H3/b11-8-. The van der Waals surface area contributed by atoms with E-state index in [1.54, 1.807) is 0 Å². The van der Waals surface area contributed by atoms with Gasteiger partial charge < -0.3 is 4.90 Å². The van der Waals surface area contributed by atoms with Crippen LogP contribution in [0.4, 0.5) is 0 Å². The Hall–Kier alpha value is -0.530. The highest BCUT2D eigenvalue weighted by atomic mass is 15.2. The van der Waals surface area contributed by atoms with E-state index in [-0.39, 0.29) is 5.41 Å². The van der Waals surface area contributed by atoms with Crippen molar-refractivity contribution in [2.24, 2.45) is 15.8 Å². The molecule has 0 spiro atoms. The fourth-order valence-corrected chi connectivity index (χ4v) is 2.10. The summed E-state index contributed by atoms with van der Waals surface area (Å²) in [5.74, 6) is 1.23. The van der Waals surface area contributed by atoms with Gasteiger partial charge in [-0.05, 0) is 5.41 Å². The molecule has 0 atom stereocenters. The second-order valence-electron chi connectivity index (χ2n) is 4.91. The van der Waals surface area contributed by atoms with Crippen molar-refractivity contribution in [2.75, 3.05) is 20.6 Å². The van der Waals surface area contributed by atoms with Crippen molar-refractivity contribution in [3.63, 3.8) is 0 Å². The van der Waals surface area contributed by atoms with Crippen molar-refractivity contribution in [1.29, 1.82) is 0 Å². The molecule has 1 aliphatic heterocycles. The van der Waals surface area contributed by atoms with E-state index in [9.17, 15) is 0 Å². The second-order valence-corrected chi connectivity index (χ2v) is 4.91. The average Bonchev–Trinajstić information content (AvgIpc) is 1.99. The van der Waals surface area contributed by atoms with E-state index >= 15 is 0 Å². The molecule has 0 aliphatic carbocycles. The summed E-state index contributed by atoms with van der Waals surface area (Å²) in [6, 6.07) is 0. The third-order valence-electron chi connectivity index (χ3n) is 3.46. The van der Waals surface area contributed by atoms with Gasteiger partial charge in [-0.25, -0.2) is 0 Å². The molecular weight excluding hydrogens is 148 g/mol. The van der Waals surface area contributed by atoms with Crippen LogP contribution in [0.3, 0.4) is 0 Å². The van der Waals surface area contributed by atoms with Crippen molar-refractivity contribution >= 4 is 5.84 Å². The Bertz CT molecular complexity index is 214. The van der Waals surface area contributed by atoms with Crippen molar-refractivity contribution in [3.05, 3.63) is 0 Å². The van der Waals surface area contributed by atoms with Gasteiger partial charge in [-0.2, -0.15) is 0 Å². The molecule has 0 aromatic carbocycles. The number of amidine groups is 1. The summed E-state index contributed by atoms with van der Waals surface area (Å²) < 4.78 is 0. The van der Waals surface area contributed by atoms with Crippen LogP contribution in [0, 0.1) is 10.8 Å². The van der Waals surface area contributed by atoms with E-state index in [4.69, 9.17) is 0 Å². The first kappa shape index (κ1) is 9.56. The van der Waals surface area contributed by atoms with Crippen LogP contribution in [0.1, 0.15) is 27.7 Å². The minimum absolute atomic E-state index is 0.205. The van der Waals surface area contributed by atoms with Gasteiger partial charge >= 0.3 is 0 Å². The topological polar surface area (TPSA) is 15.6 Å². The van der Waals surface area contributed by atoms with E-state index in [1.807, 2.05) is 7.05 Å². The zero-order valence-electron chi connectivity index (χ0n) is 9.10. The van der Waals surface area contributed by atoms with Crippen molar-refractivity contribution in [1.82, 2.24) is 4.90 Å². The highest BCUT2D eigenvalue weighted by molar-refractivity contribution is 5.90. The number of hydrogen-bond acceptors (Lipinski definition) is 1. The molecular formula is C10H20N2. The Balaban J connectivity index is 3.09. The molecule has 1 aliphatic rings. The molecule has 2 nitrogen and oxygen atoms in total. The van der Waals surface area contributed by atoms with E-state index in [0.29, 0.717) is 5.41 Å². The number of rotatable bonds is 0. The zero-order valence-corrected chi connectivity index (χ0v) is 9.10. The fraction of sp³-hybridized carbons (Fsp3) is 0.900. The normalized spacial score (nSPS) is 29.8. The molecule has 0 aromatic heterocycles. The summed E-state index contributed by atoms with van der Waals surface area (Å²) >= 11 is 0. The number of aliphatic imine (C=N–C) groups is 1. The highest BCUT2D eigenvalue weighted by Crippen LogP contribution is 2.46. The van der Waals surface area contributed by atoms with Gasteiger partial charge in [-0.15, -0.1) is 0 Å². The molecule has 0 bridgehead atoms. The van der Waals surface area contributed by atoms with Crippen LogP contribution >= 0.6 is 0 Å². The van der Waals surface area contributed by atoms with Crippen LogP contribution in [-0.4, -0.2) is 31.4 Å². The zero-order chi connectivity index (χ0) is 9.57. The largest absolute Gasteiger partial charge is 0.362 e. The van der Waals surface area contributed by atoms with Gasteiger partial charge in [-0.3, -0.25) is 4.99 Å². The lowest BCUT2D eigenvalue weighted by Gasteiger charge is -2.32. The SMILES string of the molecule is C/N=C1\N(C)CC(C)(C)C1(C)C. The van der Waals surface area contributed by atoms with Gasteiger partial charge in [0.05, 0.1) is 0 Å². The quantitative estimate of drug-likeness (QED) is 0.540. The molecule has 0 N–H and O–H groups in total. The van der Waals surface area contributed by atoms with Crippen LogP contribution in [-0.2, 0) is 0 Å². The van der Waals surface area contributed by atoms with Gasteiger partial charge in [0.15, 0.2) is 0 Å². The van der Waals surface area contributed by atoms with Gasteiger partial charge in [0.25, 0.3) is 0 Å². The lowest BCUT2D eigenvalue weighted by molar-refractivity contribution is 0.213. The Labute approximate surface area is 75.7 Å². The first-order valence-corrected chi connectivity index (χ1v) is 4.51. The predicted octanol–water partition coefficient (Wildman–Crippen LogP) is 2.01. The molecule has 0 radical (unpaired) electrons. The summed E-state index contributed by atoms with van der Waals surface area (Å²) in [5.41, 5.74) is 0.535. The summed E-state index contributed by atoms with van der Waals surface area (Å²) in [7, 11) is 4.01. The Morgan fingerprint density at radius 2 is 1.75 bits per heavy atom. The first-order chi connectivity index (χ1) is 5.33. The predicted molar refractivity (Wildman–Crippen MR) is 53.6 cm³/mol. The maximum atomic E-state index is 4.36. The average molecular weight is 168 g/mol. The van der Waals surface area contributed by atoms with Crippen molar-refractivity contribution in [2.45, 2.75) is 27.7 Å². The van der Waals surface area contributed by atoms with Crippen LogP contribution < -0.4 is 0 Å². The number of hydrogen-bond donors (Lipinski definition) is 0. The van der Waals surface area contributed by atoms with Crippen molar-refractivity contribution in [3.8, 4) is 0 Å². The molecule has 2 heteroatoms. The molecule has 1 rings (SSSR count). The van der Waals surface area contributed by atoms with Gasteiger partial charge in [-0.1, -0.05) is 27.7 Å². The summed E-state index contributed by atoms with van der Waals surface area (Å²) in [4.78, 5) is 6.62. The fourth-order valence-electron chi connectivity index (χ4n) is 2.10. The van der Waals surface area contributed by atoms with Crippen LogP contribution in [0.2, 0.25) is 0 Å². The minimum atomic E-state index is 0.205. The van der Waals surface area contributed by atoms with Gasteiger partial charge in [0.1, 0.15) is 5.84 Å². The minimum Gasteiger partial charge on any atom is -0.362 e. The first-order valence-electron chi connectivity index (χ1n) is 4.51. The molecule has 70 valence electrons. The molecule has 0 amide bonds. The second kappa shape index (κ2) is 2.48. The van der Waals surface area contributed by atoms with E-state index in [2.05, 4.69) is 44.6 Å². The van der Waals surface area contributed by atoms with Gasteiger partial charge in [0, 0.05) is 26.1 Å².